The zero-order chi connectivity index (χ0) is 17.2. The van der Waals surface area contributed by atoms with Crippen LogP contribution in [0.15, 0.2) is 55.1 Å². The minimum Gasteiger partial charge on any atom is -0.508 e. The van der Waals surface area contributed by atoms with Crippen LogP contribution >= 0.6 is 0 Å². The van der Waals surface area contributed by atoms with Gasteiger partial charge in [-0.3, -0.25) is 4.68 Å². The number of benzene rings is 1. The number of nitrogens with zero attached hydrogens (tertiary/aromatic N) is 5. The molecule has 0 amide bonds. The van der Waals surface area contributed by atoms with Gasteiger partial charge in [0.15, 0.2) is 5.65 Å². The zero-order valence-electron chi connectivity index (χ0n) is 13.2. The van der Waals surface area contributed by atoms with E-state index in [-0.39, 0.29) is 18.2 Å². The molecule has 7 nitrogen and oxygen atoms in total. The van der Waals surface area contributed by atoms with Crippen LogP contribution < -0.4 is 0 Å². The van der Waals surface area contributed by atoms with E-state index in [0.717, 1.165) is 27.7 Å². The summed E-state index contributed by atoms with van der Waals surface area (Å²) < 4.78 is 1.77. The summed E-state index contributed by atoms with van der Waals surface area (Å²) in [6, 6.07) is 10.8. The Hall–Kier alpha value is -3.66. The largest absolute Gasteiger partial charge is 0.508 e. The first kappa shape index (κ1) is 14.9. The number of fused-ring (bicyclic) bond motifs is 1. The number of nitriles is 1. The van der Waals surface area contributed by atoms with Crippen LogP contribution in [-0.4, -0.2) is 30.1 Å². The molecule has 25 heavy (non-hydrogen) atoms. The van der Waals surface area contributed by atoms with Crippen molar-refractivity contribution in [3.05, 3.63) is 60.7 Å². The van der Waals surface area contributed by atoms with Gasteiger partial charge in [0.1, 0.15) is 5.75 Å². The highest BCUT2D eigenvalue weighted by Gasteiger charge is 2.16. The average Bonchev–Trinajstić information content (AvgIpc) is 3.29. The van der Waals surface area contributed by atoms with E-state index in [9.17, 15) is 10.4 Å². The third-order valence-corrected chi connectivity index (χ3v) is 4.15. The number of aromatic hydroxyl groups is 1. The first-order valence-corrected chi connectivity index (χ1v) is 7.75. The Bertz CT molecular complexity index is 1060. The van der Waals surface area contributed by atoms with Crippen molar-refractivity contribution in [3.8, 4) is 22.9 Å². The molecule has 0 aliphatic rings. The van der Waals surface area contributed by atoms with Crippen molar-refractivity contribution in [2.75, 3.05) is 0 Å². The van der Waals surface area contributed by atoms with Gasteiger partial charge < -0.3 is 10.1 Å². The van der Waals surface area contributed by atoms with E-state index in [1.54, 1.807) is 41.3 Å². The molecule has 0 aliphatic carbocycles. The smallest absolute Gasteiger partial charge is 0.160 e. The van der Waals surface area contributed by atoms with E-state index >= 15 is 0 Å². The first-order valence-electron chi connectivity index (χ1n) is 7.75. The van der Waals surface area contributed by atoms with Crippen molar-refractivity contribution >= 4 is 11.0 Å². The van der Waals surface area contributed by atoms with Gasteiger partial charge in [-0.25, -0.2) is 0 Å². The van der Waals surface area contributed by atoms with Gasteiger partial charge in [0, 0.05) is 28.9 Å². The van der Waals surface area contributed by atoms with E-state index in [1.807, 2.05) is 18.5 Å². The second kappa shape index (κ2) is 6.09. The predicted octanol–water partition coefficient (Wildman–Crippen LogP) is 3.03. The molecule has 0 unspecified atom stereocenters. The Kier molecular flexibility index (Phi) is 3.63. The second-order valence-electron chi connectivity index (χ2n) is 5.68. The van der Waals surface area contributed by atoms with Gasteiger partial charge in [0.2, 0.25) is 0 Å². The number of aromatic amines is 1. The molecule has 7 heteroatoms. The Balaban J connectivity index is 1.75. The van der Waals surface area contributed by atoms with Crippen molar-refractivity contribution in [2.24, 2.45) is 0 Å². The molecule has 0 aliphatic heterocycles. The Morgan fingerprint density at radius 3 is 2.84 bits per heavy atom. The van der Waals surface area contributed by atoms with Crippen LogP contribution in [0.4, 0.5) is 0 Å². The maximum Gasteiger partial charge on any atom is 0.160 e. The SMILES string of the molecule is N#CC[C@H](c1ccc(O)cc1)n1cc(-c2cnnc3[nH]ccc23)cn1. The fourth-order valence-electron chi connectivity index (χ4n) is 2.90. The van der Waals surface area contributed by atoms with Crippen molar-refractivity contribution in [3.63, 3.8) is 0 Å². The molecule has 0 fully saturated rings. The summed E-state index contributed by atoms with van der Waals surface area (Å²) in [4.78, 5) is 3.04. The molecular formula is C18H14N6O. The number of rotatable bonds is 4. The summed E-state index contributed by atoms with van der Waals surface area (Å²) in [5, 5.41) is 32.1. The van der Waals surface area contributed by atoms with Gasteiger partial charge in [-0.1, -0.05) is 12.1 Å². The normalized spacial score (nSPS) is 12.1. The van der Waals surface area contributed by atoms with E-state index in [2.05, 4.69) is 26.3 Å². The molecular weight excluding hydrogens is 316 g/mol. The van der Waals surface area contributed by atoms with Crippen molar-refractivity contribution in [1.82, 2.24) is 25.0 Å². The van der Waals surface area contributed by atoms with E-state index < -0.39 is 0 Å². The molecule has 4 aromatic rings. The number of phenols is 1. The van der Waals surface area contributed by atoms with Crippen LogP contribution in [0, 0.1) is 11.3 Å². The zero-order valence-corrected chi connectivity index (χ0v) is 13.2. The number of aromatic nitrogens is 5. The fraction of sp³-hybridized carbons (Fsp3) is 0.111. The minimum absolute atomic E-state index is 0.193. The second-order valence-corrected chi connectivity index (χ2v) is 5.68. The van der Waals surface area contributed by atoms with Gasteiger partial charge in [-0.2, -0.15) is 15.5 Å². The van der Waals surface area contributed by atoms with Gasteiger partial charge in [-0.15, -0.1) is 5.10 Å². The van der Waals surface area contributed by atoms with Crippen LogP contribution in [0.25, 0.3) is 22.2 Å². The molecule has 0 saturated heterocycles. The molecule has 0 bridgehead atoms. The molecule has 2 N–H and O–H groups in total. The highest BCUT2D eigenvalue weighted by atomic mass is 16.3. The van der Waals surface area contributed by atoms with Crippen LogP contribution in [0.3, 0.4) is 0 Å². The van der Waals surface area contributed by atoms with E-state index in [1.165, 1.54) is 0 Å². The molecule has 0 spiro atoms. The Morgan fingerprint density at radius 1 is 1.20 bits per heavy atom. The number of hydrogen-bond acceptors (Lipinski definition) is 5. The number of H-pyrrole nitrogens is 1. The summed E-state index contributed by atoms with van der Waals surface area (Å²) in [6.07, 6.45) is 7.46. The third kappa shape index (κ3) is 2.70. The van der Waals surface area contributed by atoms with Crippen molar-refractivity contribution in [1.29, 1.82) is 5.26 Å². The van der Waals surface area contributed by atoms with E-state index in [0.29, 0.717) is 0 Å². The maximum absolute atomic E-state index is 9.47. The molecule has 0 saturated carbocycles. The quantitative estimate of drug-likeness (QED) is 0.598. The topological polar surface area (TPSA) is 103 Å². The number of nitrogens with one attached hydrogen (secondary N) is 1. The standard InChI is InChI=1S/C18H14N6O/c19-7-5-17(12-1-3-14(25)4-2-12)24-11-13(9-22-24)16-10-21-23-18-15(16)6-8-20-18/h1-4,6,8-11,17,25H,5H2,(H,20,23)/t17-/m1/s1. The molecule has 1 aromatic carbocycles. The number of phenolic OH excluding ortho intramolecular Hbond substituents is 1. The van der Waals surface area contributed by atoms with Gasteiger partial charge in [0.25, 0.3) is 0 Å². The Labute approximate surface area is 143 Å². The van der Waals surface area contributed by atoms with E-state index in [4.69, 9.17) is 0 Å². The van der Waals surface area contributed by atoms with Crippen molar-refractivity contribution in [2.45, 2.75) is 12.5 Å². The summed E-state index contributed by atoms with van der Waals surface area (Å²) in [6.45, 7) is 0. The molecule has 1 atom stereocenters. The molecule has 4 rings (SSSR count). The first-order chi connectivity index (χ1) is 12.3. The summed E-state index contributed by atoms with van der Waals surface area (Å²) in [5.74, 6) is 0.193. The van der Waals surface area contributed by atoms with Crippen LogP contribution in [0.2, 0.25) is 0 Å². The van der Waals surface area contributed by atoms with Crippen LogP contribution in [0.5, 0.6) is 5.75 Å². The highest BCUT2D eigenvalue weighted by Crippen LogP contribution is 2.29. The summed E-state index contributed by atoms with van der Waals surface area (Å²) >= 11 is 0. The lowest BCUT2D eigenvalue weighted by Crippen LogP contribution is -2.10. The lowest BCUT2D eigenvalue weighted by atomic mass is 10.0. The van der Waals surface area contributed by atoms with Gasteiger partial charge >= 0.3 is 0 Å². The predicted molar refractivity (Wildman–Crippen MR) is 91.6 cm³/mol. The Morgan fingerprint density at radius 2 is 2.04 bits per heavy atom. The monoisotopic (exact) mass is 330 g/mol. The lowest BCUT2D eigenvalue weighted by Gasteiger charge is -2.15. The number of hydrogen-bond donors (Lipinski definition) is 2. The average molecular weight is 330 g/mol. The lowest BCUT2D eigenvalue weighted by molar-refractivity contribution is 0.473. The highest BCUT2D eigenvalue weighted by molar-refractivity contribution is 5.91. The van der Waals surface area contributed by atoms with Crippen LogP contribution in [-0.2, 0) is 0 Å². The molecule has 3 heterocycles. The fourth-order valence-corrected chi connectivity index (χ4v) is 2.90. The summed E-state index contributed by atoms with van der Waals surface area (Å²) in [5.41, 5.74) is 3.46. The molecule has 0 radical (unpaired) electrons. The van der Waals surface area contributed by atoms with Crippen LogP contribution in [0.1, 0.15) is 18.0 Å². The molecule has 122 valence electrons. The third-order valence-electron chi connectivity index (χ3n) is 4.15. The minimum atomic E-state index is -0.226. The van der Waals surface area contributed by atoms with Crippen molar-refractivity contribution < 1.29 is 5.11 Å². The molecule has 3 aromatic heterocycles. The van der Waals surface area contributed by atoms with Gasteiger partial charge in [0.05, 0.1) is 30.9 Å². The summed E-state index contributed by atoms with van der Waals surface area (Å²) in [7, 11) is 0. The maximum atomic E-state index is 9.47. The van der Waals surface area contributed by atoms with Gasteiger partial charge in [-0.05, 0) is 23.8 Å².